The molecule has 1 aromatic rings. The van der Waals surface area contributed by atoms with Gasteiger partial charge in [-0.3, -0.25) is 0 Å². The number of halogens is 2. The van der Waals surface area contributed by atoms with Crippen molar-refractivity contribution in [3.63, 3.8) is 0 Å². The lowest BCUT2D eigenvalue weighted by Gasteiger charge is -1.99. The maximum absolute atomic E-state index is 5.76. The first-order valence-electron chi connectivity index (χ1n) is 3.37. The fraction of sp³-hybridized carbons (Fsp3) is 0.250. The zero-order chi connectivity index (χ0) is 8.27. The molecule has 1 nitrogen and oxygen atoms in total. The van der Waals surface area contributed by atoms with Crippen LogP contribution in [0.3, 0.4) is 0 Å². The van der Waals surface area contributed by atoms with E-state index in [2.05, 4.69) is 0 Å². The molecule has 0 aromatic heterocycles. The first-order valence-corrected chi connectivity index (χ1v) is 4.13. The summed E-state index contributed by atoms with van der Waals surface area (Å²) in [6.07, 6.45) is 0.820. The van der Waals surface area contributed by atoms with Crippen molar-refractivity contribution < 1.29 is 0 Å². The van der Waals surface area contributed by atoms with Crippen LogP contribution in [0.2, 0.25) is 10.0 Å². The predicted octanol–water partition coefficient (Wildman–Crippen LogP) is 2.49. The van der Waals surface area contributed by atoms with Gasteiger partial charge in [0.2, 0.25) is 0 Å². The lowest BCUT2D eigenvalue weighted by Crippen LogP contribution is -2.02. The molecule has 60 valence electrons. The SMILES string of the molecule is NCCc1cc(Cl)cc(Cl)c1. The first kappa shape index (κ1) is 8.85. The molecule has 0 fully saturated rings. The van der Waals surface area contributed by atoms with E-state index < -0.39 is 0 Å². The largest absolute Gasteiger partial charge is 0.330 e. The fourth-order valence-electron chi connectivity index (χ4n) is 0.922. The molecule has 0 saturated heterocycles. The smallest absolute Gasteiger partial charge is 0.0423 e. The third kappa shape index (κ3) is 2.70. The number of benzene rings is 1. The molecule has 0 aliphatic heterocycles. The Morgan fingerprint density at radius 1 is 1.09 bits per heavy atom. The lowest BCUT2D eigenvalue weighted by atomic mass is 10.1. The minimum Gasteiger partial charge on any atom is -0.330 e. The van der Waals surface area contributed by atoms with E-state index in [1.54, 1.807) is 6.07 Å². The number of rotatable bonds is 2. The Hall–Kier alpha value is -0.240. The van der Waals surface area contributed by atoms with Crippen LogP contribution in [0.5, 0.6) is 0 Å². The Morgan fingerprint density at radius 3 is 2.09 bits per heavy atom. The van der Waals surface area contributed by atoms with Gasteiger partial charge >= 0.3 is 0 Å². The van der Waals surface area contributed by atoms with E-state index in [-0.39, 0.29) is 0 Å². The maximum Gasteiger partial charge on any atom is 0.0423 e. The summed E-state index contributed by atoms with van der Waals surface area (Å²) in [5, 5.41) is 1.34. The monoisotopic (exact) mass is 189 g/mol. The summed E-state index contributed by atoms with van der Waals surface area (Å²) in [7, 11) is 0. The van der Waals surface area contributed by atoms with Crippen molar-refractivity contribution in [3.8, 4) is 0 Å². The highest BCUT2D eigenvalue weighted by molar-refractivity contribution is 6.34. The lowest BCUT2D eigenvalue weighted by molar-refractivity contribution is 0.969. The molecule has 0 saturated carbocycles. The summed E-state index contributed by atoms with van der Waals surface area (Å²) in [4.78, 5) is 0. The van der Waals surface area contributed by atoms with E-state index in [9.17, 15) is 0 Å². The molecule has 0 aliphatic carbocycles. The minimum absolute atomic E-state index is 0.622. The number of nitrogens with two attached hydrogens (primary N) is 1. The summed E-state index contributed by atoms with van der Waals surface area (Å²) in [6.45, 7) is 0.622. The Labute approximate surface area is 76.1 Å². The fourth-order valence-corrected chi connectivity index (χ4v) is 1.49. The molecule has 0 radical (unpaired) electrons. The highest BCUT2D eigenvalue weighted by atomic mass is 35.5. The Balaban J connectivity index is 2.89. The van der Waals surface area contributed by atoms with Crippen molar-refractivity contribution in [2.75, 3.05) is 6.54 Å². The van der Waals surface area contributed by atoms with E-state index in [0.29, 0.717) is 16.6 Å². The third-order valence-corrected chi connectivity index (χ3v) is 1.79. The second kappa shape index (κ2) is 3.96. The Kier molecular flexibility index (Phi) is 3.18. The van der Waals surface area contributed by atoms with Crippen molar-refractivity contribution in [3.05, 3.63) is 33.8 Å². The molecule has 1 rings (SSSR count). The van der Waals surface area contributed by atoms with Crippen LogP contribution in [0.4, 0.5) is 0 Å². The van der Waals surface area contributed by atoms with Gasteiger partial charge in [0, 0.05) is 10.0 Å². The van der Waals surface area contributed by atoms with E-state index in [4.69, 9.17) is 28.9 Å². The van der Waals surface area contributed by atoms with Crippen molar-refractivity contribution in [2.24, 2.45) is 5.73 Å². The molecule has 0 amide bonds. The zero-order valence-corrected chi connectivity index (χ0v) is 7.49. The van der Waals surface area contributed by atoms with Crippen LogP contribution in [0.25, 0.3) is 0 Å². The van der Waals surface area contributed by atoms with Crippen molar-refractivity contribution in [1.29, 1.82) is 0 Å². The van der Waals surface area contributed by atoms with Crippen molar-refractivity contribution >= 4 is 23.2 Å². The van der Waals surface area contributed by atoms with Crippen LogP contribution in [0.15, 0.2) is 18.2 Å². The quantitative estimate of drug-likeness (QED) is 0.761. The van der Waals surface area contributed by atoms with Gasteiger partial charge in [-0.1, -0.05) is 23.2 Å². The van der Waals surface area contributed by atoms with E-state index in [0.717, 1.165) is 12.0 Å². The Bertz CT molecular complexity index is 228. The van der Waals surface area contributed by atoms with Gasteiger partial charge in [0.1, 0.15) is 0 Å². The molecule has 2 N–H and O–H groups in total. The molecule has 11 heavy (non-hydrogen) atoms. The second-order valence-electron chi connectivity index (χ2n) is 2.32. The predicted molar refractivity (Wildman–Crippen MR) is 49.2 cm³/mol. The normalized spacial score (nSPS) is 10.1. The average Bonchev–Trinajstić information content (AvgIpc) is 1.85. The van der Waals surface area contributed by atoms with E-state index in [1.807, 2.05) is 12.1 Å². The van der Waals surface area contributed by atoms with Crippen molar-refractivity contribution in [2.45, 2.75) is 6.42 Å². The van der Waals surface area contributed by atoms with Gasteiger partial charge in [0.05, 0.1) is 0 Å². The van der Waals surface area contributed by atoms with Crippen LogP contribution in [0, 0.1) is 0 Å². The molecular formula is C8H9Cl2N. The highest BCUT2D eigenvalue weighted by Gasteiger charge is 1.96. The van der Waals surface area contributed by atoms with Gasteiger partial charge in [-0.25, -0.2) is 0 Å². The van der Waals surface area contributed by atoms with Gasteiger partial charge in [0.15, 0.2) is 0 Å². The van der Waals surface area contributed by atoms with E-state index in [1.165, 1.54) is 0 Å². The second-order valence-corrected chi connectivity index (χ2v) is 3.19. The molecule has 0 aliphatic rings. The summed E-state index contributed by atoms with van der Waals surface area (Å²) in [6, 6.07) is 5.46. The topological polar surface area (TPSA) is 26.0 Å². The van der Waals surface area contributed by atoms with Crippen LogP contribution < -0.4 is 5.73 Å². The van der Waals surface area contributed by atoms with Gasteiger partial charge in [-0.05, 0) is 36.7 Å². The number of hydrogen-bond donors (Lipinski definition) is 1. The van der Waals surface area contributed by atoms with E-state index >= 15 is 0 Å². The summed E-state index contributed by atoms with van der Waals surface area (Å²) >= 11 is 11.5. The zero-order valence-electron chi connectivity index (χ0n) is 5.98. The first-order chi connectivity index (χ1) is 5.22. The maximum atomic E-state index is 5.76. The Morgan fingerprint density at radius 2 is 1.64 bits per heavy atom. The summed E-state index contributed by atoms with van der Waals surface area (Å²) in [5.41, 5.74) is 6.46. The molecule has 3 heteroatoms. The van der Waals surface area contributed by atoms with Crippen LogP contribution in [-0.4, -0.2) is 6.54 Å². The van der Waals surface area contributed by atoms with Gasteiger partial charge < -0.3 is 5.73 Å². The van der Waals surface area contributed by atoms with Gasteiger partial charge in [-0.2, -0.15) is 0 Å². The molecule has 1 aromatic carbocycles. The van der Waals surface area contributed by atoms with Gasteiger partial charge in [-0.15, -0.1) is 0 Å². The highest BCUT2D eigenvalue weighted by Crippen LogP contribution is 2.18. The molecule has 0 atom stereocenters. The van der Waals surface area contributed by atoms with Gasteiger partial charge in [0.25, 0.3) is 0 Å². The van der Waals surface area contributed by atoms with Crippen LogP contribution in [-0.2, 0) is 6.42 Å². The van der Waals surface area contributed by atoms with Crippen LogP contribution >= 0.6 is 23.2 Å². The molecule has 0 spiro atoms. The third-order valence-electron chi connectivity index (χ3n) is 1.36. The van der Waals surface area contributed by atoms with Crippen molar-refractivity contribution in [1.82, 2.24) is 0 Å². The molecule has 0 bridgehead atoms. The number of hydrogen-bond acceptors (Lipinski definition) is 1. The van der Waals surface area contributed by atoms with Crippen LogP contribution in [0.1, 0.15) is 5.56 Å². The molecule has 0 unspecified atom stereocenters. The standard InChI is InChI=1S/C8H9Cl2N/c9-7-3-6(1-2-11)4-8(10)5-7/h3-5H,1-2,11H2. The molecular weight excluding hydrogens is 181 g/mol. The summed E-state index contributed by atoms with van der Waals surface area (Å²) in [5.74, 6) is 0. The summed E-state index contributed by atoms with van der Waals surface area (Å²) < 4.78 is 0. The average molecular weight is 190 g/mol. The molecule has 0 heterocycles. The minimum atomic E-state index is 0.622.